The molecule has 27 heavy (non-hydrogen) atoms. The molecule has 136 valence electrons. The number of carbonyl (C=O) groups excluding carboxylic acids is 1. The summed E-state index contributed by atoms with van der Waals surface area (Å²) in [6.07, 6.45) is 1.92. The molecule has 4 aromatic rings. The zero-order valence-electron chi connectivity index (χ0n) is 15.4. The molecule has 1 N–H and O–H groups in total. The van der Waals surface area contributed by atoms with Gasteiger partial charge < -0.3 is 9.88 Å². The molecule has 0 spiro atoms. The van der Waals surface area contributed by atoms with Gasteiger partial charge >= 0.3 is 0 Å². The molecule has 0 atom stereocenters. The van der Waals surface area contributed by atoms with E-state index in [1.807, 2.05) is 54.7 Å². The number of carbonyl (C=O) groups is 1. The Balaban J connectivity index is 1.66. The Labute approximate surface area is 156 Å². The molecule has 2 aromatic heterocycles. The normalized spacial score (nSPS) is 11.3. The Morgan fingerprint density at radius 2 is 1.93 bits per heavy atom. The van der Waals surface area contributed by atoms with Crippen LogP contribution in [0.25, 0.3) is 22.3 Å². The predicted molar refractivity (Wildman–Crippen MR) is 105 cm³/mol. The minimum atomic E-state index is -0.144. The van der Waals surface area contributed by atoms with Gasteiger partial charge in [-0.05, 0) is 37.3 Å². The van der Waals surface area contributed by atoms with Crippen molar-refractivity contribution in [3.8, 4) is 11.4 Å². The van der Waals surface area contributed by atoms with Crippen molar-refractivity contribution in [1.29, 1.82) is 0 Å². The Hall–Kier alpha value is -3.48. The number of aryl methyl sites for hydroxylation is 1. The number of amides is 1. The molecule has 7 heteroatoms. The molecule has 7 nitrogen and oxygen atoms in total. The van der Waals surface area contributed by atoms with Crippen molar-refractivity contribution >= 4 is 22.5 Å². The number of hydrogen-bond acceptors (Lipinski definition) is 4. The van der Waals surface area contributed by atoms with Gasteiger partial charge in [0.15, 0.2) is 0 Å². The number of fused-ring (bicyclic) bond motifs is 1. The van der Waals surface area contributed by atoms with E-state index in [-0.39, 0.29) is 11.9 Å². The number of hydrogen-bond donors (Lipinski definition) is 1. The predicted octanol–water partition coefficient (Wildman–Crippen LogP) is 3.67. The number of benzene rings is 2. The lowest BCUT2D eigenvalue weighted by Crippen LogP contribution is -2.11. The third-order valence-electron chi connectivity index (χ3n) is 4.43. The van der Waals surface area contributed by atoms with Gasteiger partial charge in [-0.1, -0.05) is 30.3 Å². The molecule has 0 fully saturated rings. The van der Waals surface area contributed by atoms with Crippen molar-refractivity contribution < 1.29 is 4.79 Å². The van der Waals surface area contributed by atoms with Crippen molar-refractivity contribution in [2.45, 2.75) is 19.9 Å². The molecule has 4 rings (SSSR count). The summed E-state index contributed by atoms with van der Waals surface area (Å²) in [6.45, 7) is 4.21. The van der Waals surface area contributed by atoms with E-state index < -0.39 is 0 Å². The quantitative estimate of drug-likeness (QED) is 0.602. The van der Waals surface area contributed by atoms with Crippen LogP contribution in [0.2, 0.25) is 0 Å². The molecule has 0 unspecified atom stereocenters. The van der Waals surface area contributed by atoms with E-state index in [1.165, 1.54) is 4.80 Å². The maximum Gasteiger partial charge on any atom is 0.257 e. The molecule has 1 amide bonds. The van der Waals surface area contributed by atoms with Crippen LogP contribution in [-0.2, 0) is 7.05 Å². The summed E-state index contributed by atoms with van der Waals surface area (Å²) in [6, 6.07) is 15.6. The topological polar surface area (TPSA) is 77.6 Å². The van der Waals surface area contributed by atoms with E-state index >= 15 is 0 Å². The highest BCUT2D eigenvalue weighted by Gasteiger charge is 2.16. The van der Waals surface area contributed by atoms with Crippen molar-refractivity contribution in [2.75, 3.05) is 5.32 Å². The van der Waals surface area contributed by atoms with Crippen LogP contribution in [0.1, 0.15) is 30.2 Å². The van der Waals surface area contributed by atoms with Crippen LogP contribution < -0.4 is 5.32 Å². The van der Waals surface area contributed by atoms with Gasteiger partial charge in [-0.15, -0.1) is 10.2 Å². The van der Waals surface area contributed by atoms with Crippen LogP contribution in [0.15, 0.2) is 54.7 Å². The molecule has 0 aliphatic rings. The Kier molecular flexibility index (Phi) is 4.19. The summed E-state index contributed by atoms with van der Waals surface area (Å²) >= 11 is 0. The summed E-state index contributed by atoms with van der Waals surface area (Å²) in [4.78, 5) is 14.3. The van der Waals surface area contributed by atoms with Crippen molar-refractivity contribution in [3.05, 3.63) is 60.3 Å². The van der Waals surface area contributed by atoms with Gasteiger partial charge in [-0.3, -0.25) is 4.79 Å². The number of anilines is 1. The van der Waals surface area contributed by atoms with E-state index in [1.54, 1.807) is 7.05 Å². The van der Waals surface area contributed by atoms with Crippen molar-refractivity contribution in [3.63, 3.8) is 0 Å². The maximum atomic E-state index is 12.9. The highest BCUT2D eigenvalue weighted by molar-refractivity contribution is 6.13. The molecule has 0 saturated carbocycles. The highest BCUT2D eigenvalue weighted by Crippen LogP contribution is 2.26. The second-order valence-corrected chi connectivity index (χ2v) is 6.70. The first-order valence-corrected chi connectivity index (χ1v) is 8.78. The smallest absolute Gasteiger partial charge is 0.257 e. The van der Waals surface area contributed by atoms with Crippen LogP contribution in [0.3, 0.4) is 0 Å². The fourth-order valence-corrected chi connectivity index (χ4v) is 3.15. The molecular weight excluding hydrogens is 340 g/mol. The number of aromatic nitrogens is 5. The Morgan fingerprint density at radius 3 is 2.67 bits per heavy atom. The van der Waals surface area contributed by atoms with E-state index in [0.29, 0.717) is 17.1 Å². The van der Waals surface area contributed by atoms with Gasteiger partial charge in [0.05, 0.1) is 12.6 Å². The van der Waals surface area contributed by atoms with Crippen LogP contribution in [-0.4, -0.2) is 30.7 Å². The summed E-state index contributed by atoms with van der Waals surface area (Å²) < 4.78 is 2.12. The first kappa shape index (κ1) is 17.0. The summed E-state index contributed by atoms with van der Waals surface area (Å²) in [5.74, 6) is 0.375. The average Bonchev–Trinajstić information content (AvgIpc) is 3.26. The van der Waals surface area contributed by atoms with Crippen LogP contribution in [0.5, 0.6) is 0 Å². The summed E-state index contributed by atoms with van der Waals surface area (Å²) in [7, 11) is 1.71. The van der Waals surface area contributed by atoms with Crippen LogP contribution in [0, 0.1) is 0 Å². The Bertz CT molecular complexity index is 1120. The second kappa shape index (κ2) is 6.68. The SMILES string of the molecule is CC(C)n1cc(C(=O)Nc2cccc(-c3nnn(C)n3)c2)c2ccccc21. The Morgan fingerprint density at radius 1 is 1.11 bits per heavy atom. The fourth-order valence-electron chi connectivity index (χ4n) is 3.15. The molecule has 0 aliphatic carbocycles. The van der Waals surface area contributed by atoms with Gasteiger partial charge in [0.1, 0.15) is 0 Å². The van der Waals surface area contributed by atoms with Crippen molar-refractivity contribution in [1.82, 2.24) is 24.8 Å². The summed E-state index contributed by atoms with van der Waals surface area (Å²) in [5, 5.41) is 16.0. The minimum Gasteiger partial charge on any atom is -0.344 e. The standard InChI is InChI=1S/C20H20N6O/c1-13(2)26-12-17(16-9-4-5-10-18(16)26)20(27)21-15-8-6-7-14(11-15)19-22-24-25(3)23-19/h4-13H,1-3H3,(H,21,27). The molecule has 2 aromatic carbocycles. The van der Waals surface area contributed by atoms with E-state index in [0.717, 1.165) is 16.5 Å². The lowest BCUT2D eigenvalue weighted by atomic mass is 10.1. The average molecular weight is 360 g/mol. The van der Waals surface area contributed by atoms with Crippen molar-refractivity contribution in [2.24, 2.45) is 7.05 Å². The monoisotopic (exact) mass is 360 g/mol. The van der Waals surface area contributed by atoms with Gasteiger partial charge in [0.25, 0.3) is 5.91 Å². The fraction of sp³-hybridized carbons (Fsp3) is 0.200. The molecular formula is C20H20N6O. The number of para-hydroxylation sites is 1. The van der Waals surface area contributed by atoms with Gasteiger partial charge in [0.2, 0.25) is 5.82 Å². The lowest BCUT2D eigenvalue weighted by molar-refractivity contribution is 0.102. The molecule has 2 heterocycles. The maximum absolute atomic E-state index is 12.9. The molecule has 0 radical (unpaired) electrons. The summed E-state index contributed by atoms with van der Waals surface area (Å²) in [5.41, 5.74) is 3.19. The number of nitrogens with zero attached hydrogens (tertiary/aromatic N) is 5. The molecule has 0 saturated heterocycles. The third-order valence-corrected chi connectivity index (χ3v) is 4.43. The van der Waals surface area contributed by atoms with E-state index in [9.17, 15) is 4.79 Å². The van der Waals surface area contributed by atoms with Crippen LogP contribution in [0.4, 0.5) is 5.69 Å². The largest absolute Gasteiger partial charge is 0.344 e. The first-order chi connectivity index (χ1) is 13.0. The minimum absolute atomic E-state index is 0.144. The molecule has 0 aliphatic heterocycles. The third kappa shape index (κ3) is 3.19. The van der Waals surface area contributed by atoms with Crippen LogP contribution >= 0.6 is 0 Å². The zero-order valence-corrected chi connectivity index (χ0v) is 15.4. The van der Waals surface area contributed by atoms with Gasteiger partial charge in [-0.2, -0.15) is 4.80 Å². The second-order valence-electron chi connectivity index (χ2n) is 6.70. The number of nitrogens with one attached hydrogen (secondary N) is 1. The highest BCUT2D eigenvalue weighted by atomic mass is 16.1. The number of rotatable bonds is 4. The van der Waals surface area contributed by atoms with E-state index in [4.69, 9.17) is 0 Å². The number of tetrazole rings is 1. The first-order valence-electron chi connectivity index (χ1n) is 8.78. The zero-order chi connectivity index (χ0) is 19.0. The molecule has 0 bridgehead atoms. The van der Waals surface area contributed by atoms with E-state index in [2.05, 4.69) is 39.1 Å². The van der Waals surface area contributed by atoms with Gasteiger partial charge in [0, 0.05) is 34.4 Å². The lowest BCUT2D eigenvalue weighted by Gasteiger charge is -2.08. The van der Waals surface area contributed by atoms with Gasteiger partial charge in [-0.25, -0.2) is 0 Å².